The molecule has 1 aliphatic rings. The van der Waals surface area contributed by atoms with Crippen LogP contribution in [-0.2, 0) is 6.54 Å². The number of hydrogen-bond acceptors (Lipinski definition) is 5. The van der Waals surface area contributed by atoms with E-state index in [0.29, 0.717) is 22.5 Å². The van der Waals surface area contributed by atoms with E-state index < -0.39 is 0 Å². The Hall–Kier alpha value is -2.78. The SMILES string of the molecule is COc1ccc(CN(c2cc(Cl)nn3c(C#N)cnc23)C2CCC2)cc1. The molecule has 0 aliphatic heterocycles. The number of hydrogen-bond donors (Lipinski definition) is 0. The number of fused-ring (bicyclic) bond motifs is 1. The van der Waals surface area contributed by atoms with Crippen LogP contribution in [0, 0.1) is 11.3 Å². The maximum atomic E-state index is 9.28. The van der Waals surface area contributed by atoms with Gasteiger partial charge < -0.3 is 9.64 Å². The van der Waals surface area contributed by atoms with E-state index in [-0.39, 0.29) is 0 Å². The van der Waals surface area contributed by atoms with Crippen molar-refractivity contribution in [3.05, 3.63) is 52.9 Å². The molecule has 0 bridgehead atoms. The second kappa shape index (κ2) is 6.85. The molecule has 0 N–H and O–H groups in total. The minimum atomic E-state index is 0.348. The molecule has 2 heterocycles. The van der Waals surface area contributed by atoms with Gasteiger partial charge in [-0.25, -0.2) is 4.98 Å². The van der Waals surface area contributed by atoms with Gasteiger partial charge in [0, 0.05) is 18.7 Å². The molecule has 0 saturated heterocycles. The molecule has 2 aromatic heterocycles. The highest BCUT2D eigenvalue weighted by Gasteiger charge is 2.28. The van der Waals surface area contributed by atoms with E-state index in [1.807, 2.05) is 18.2 Å². The number of nitriles is 1. The smallest absolute Gasteiger partial charge is 0.178 e. The summed E-state index contributed by atoms with van der Waals surface area (Å²) in [4.78, 5) is 6.74. The monoisotopic (exact) mass is 367 g/mol. The van der Waals surface area contributed by atoms with E-state index in [1.165, 1.54) is 22.7 Å². The van der Waals surface area contributed by atoms with E-state index in [9.17, 15) is 5.26 Å². The van der Waals surface area contributed by atoms with Crippen LogP contribution in [0.3, 0.4) is 0 Å². The van der Waals surface area contributed by atoms with Crippen LogP contribution in [0.1, 0.15) is 30.5 Å². The van der Waals surface area contributed by atoms with Crippen molar-refractivity contribution in [3.8, 4) is 11.8 Å². The maximum Gasteiger partial charge on any atom is 0.178 e. The van der Waals surface area contributed by atoms with Crippen LogP contribution in [0.2, 0.25) is 5.15 Å². The minimum Gasteiger partial charge on any atom is -0.497 e. The van der Waals surface area contributed by atoms with Gasteiger partial charge in [0.1, 0.15) is 11.8 Å². The van der Waals surface area contributed by atoms with Crippen LogP contribution < -0.4 is 9.64 Å². The molecule has 26 heavy (non-hydrogen) atoms. The first-order chi connectivity index (χ1) is 12.7. The summed E-state index contributed by atoms with van der Waals surface area (Å²) in [6.07, 6.45) is 5.02. The summed E-state index contributed by atoms with van der Waals surface area (Å²) in [6.45, 7) is 0.736. The number of aromatic nitrogens is 3. The summed E-state index contributed by atoms with van der Waals surface area (Å²) in [7, 11) is 1.66. The van der Waals surface area contributed by atoms with E-state index >= 15 is 0 Å². The molecule has 1 fully saturated rings. The Morgan fingerprint density at radius 3 is 2.73 bits per heavy atom. The predicted molar refractivity (Wildman–Crippen MR) is 99.5 cm³/mol. The molecule has 0 spiro atoms. The number of nitrogens with zero attached hydrogens (tertiary/aromatic N) is 5. The number of anilines is 1. The van der Waals surface area contributed by atoms with Gasteiger partial charge in [0.15, 0.2) is 16.5 Å². The Bertz CT molecular complexity index is 972. The van der Waals surface area contributed by atoms with Gasteiger partial charge in [-0.15, -0.1) is 0 Å². The number of rotatable bonds is 5. The van der Waals surface area contributed by atoms with Crippen molar-refractivity contribution in [2.45, 2.75) is 31.8 Å². The maximum absolute atomic E-state index is 9.28. The van der Waals surface area contributed by atoms with Gasteiger partial charge >= 0.3 is 0 Å². The zero-order valence-electron chi connectivity index (χ0n) is 14.4. The van der Waals surface area contributed by atoms with Crippen LogP contribution in [0.25, 0.3) is 5.65 Å². The highest BCUT2D eigenvalue weighted by Crippen LogP contribution is 2.34. The first-order valence-electron chi connectivity index (χ1n) is 8.53. The highest BCUT2D eigenvalue weighted by atomic mass is 35.5. The van der Waals surface area contributed by atoms with E-state index in [0.717, 1.165) is 30.8 Å². The molecule has 0 unspecified atom stereocenters. The second-order valence-corrected chi connectivity index (χ2v) is 6.79. The number of ether oxygens (including phenoxy) is 1. The number of halogens is 1. The Kier molecular flexibility index (Phi) is 4.39. The summed E-state index contributed by atoms with van der Waals surface area (Å²) in [5.74, 6) is 0.838. The van der Waals surface area contributed by atoms with Gasteiger partial charge in [0.25, 0.3) is 0 Å². The van der Waals surface area contributed by atoms with Gasteiger partial charge in [-0.05, 0) is 37.0 Å². The molecule has 1 aromatic carbocycles. The molecule has 0 amide bonds. The van der Waals surface area contributed by atoms with Crippen molar-refractivity contribution < 1.29 is 4.74 Å². The summed E-state index contributed by atoms with van der Waals surface area (Å²) < 4.78 is 6.77. The zero-order chi connectivity index (χ0) is 18.1. The lowest BCUT2D eigenvalue weighted by Gasteiger charge is -2.39. The first kappa shape index (κ1) is 16.7. The third kappa shape index (κ3) is 2.95. The molecule has 132 valence electrons. The number of methoxy groups -OCH3 is 1. The highest BCUT2D eigenvalue weighted by molar-refractivity contribution is 6.29. The van der Waals surface area contributed by atoms with Crippen molar-refractivity contribution in [2.75, 3.05) is 12.0 Å². The molecule has 7 heteroatoms. The lowest BCUT2D eigenvalue weighted by molar-refractivity contribution is 0.384. The zero-order valence-corrected chi connectivity index (χ0v) is 15.1. The Morgan fingerprint density at radius 1 is 1.35 bits per heavy atom. The predicted octanol–water partition coefficient (Wildman–Crippen LogP) is 3.82. The fourth-order valence-electron chi connectivity index (χ4n) is 3.25. The Labute approximate surface area is 156 Å². The summed E-state index contributed by atoms with van der Waals surface area (Å²) in [5, 5.41) is 13.9. The van der Waals surface area contributed by atoms with Crippen molar-refractivity contribution in [2.24, 2.45) is 0 Å². The minimum absolute atomic E-state index is 0.348. The average molecular weight is 368 g/mol. The van der Waals surface area contributed by atoms with Gasteiger partial charge in [-0.2, -0.15) is 14.9 Å². The van der Waals surface area contributed by atoms with Crippen LogP contribution in [0.4, 0.5) is 5.69 Å². The molecule has 3 aromatic rings. The number of benzene rings is 1. The van der Waals surface area contributed by atoms with Crippen LogP contribution in [0.5, 0.6) is 5.75 Å². The van der Waals surface area contributed by atoms with Gasteiger partial charge in [0.05, 0.1) is 19.0 Å². The van der Waals surface area contributed by atoms with Crippen molar-refractivity contribution in [3.63, 3.8) is 0 Å². The quantitative estimate of drug-likeness (QED) is 0.685. The molecule has 1 saturated carbocycles. The van der Waals surface area contributed by atoms with Crippen LogP contribution >= 0.6 is 11.6 Å². The molecule has 0 radical (unpaired) electrons. The van der Waals surface area contributed by atoms with Gasteiger partial charge in [0.2, 0.25) is 0 Å². The molecule has 6 nitrogen and oxygen atoms in total. The topological polar surface area (TPSA) is 66.5 Å². The molecule has 0 atom stereocenters. The Morgan fingerprint density at radius 2 is 2.12 bits per heavy atom. The molecule has 1 aliphatic carbocycles. The van der Waals surface area contributed by atoms with Crippen LogP contribution in [-0.4, -0.2) is 27.7 Å². The van der Waals surface area contributed by atoms with E-state index in [1.54, 1.807) is 7.11 Å². The summed E-state index contributed by atoms with van der Waals surface area (Å²) >= 11 is 6.25. The molecular formula is C19H18ClN5O. The first-order valence-corrected chi connectivity index (χ1v) is 8.91. The van der Waals surface area contributed by atoms with Crippen LogP contribution in [0.15, 0.2) is 36.5 Å². The summed E-state index contributed by atoms with van der Waals surface area (Å²) in [5.41, 5.74) is 3.12. The lowest BCUT2D eigenvalue weighted by Crippen LogP contribution is -2.40. The molecule has 4 rings (SSSR count). The average Bonchev–Trinajstić information content (AvgIpc) is 3.02. The largest absolute Gasteiger partial charge is 0.497 e. The number of imidazole rings is 1. The van der Waals surface area contributed by atoms with E-state index in [4.69, 9.17) is 16.3 Å². The molecular weight excluding hydrogens is 350 g/mol. The third-order valence-corrected chi connectivity index (χ3v) is 5.05. The van der Waals surface area contributed by atoms with Crippen molar-refractivity contribution in [1.82, 2.24) is 14.6 Å². The van der Waals surface area contributed by atoms with Gasteiger partial charge in [-0.3, -0.25) is 0 Å². The van der Waals surface area contributed by atoms with E-state index in [2.05, 4.69) is 33.2 Å². The normalized spacial score (nSPS) is 14.0. The standard InChI is InChI=1S/C19H18ClN5O/c1-26-16-7-5-13(6-8-16)12-24(14-3-2-4-14)17-9-18(20)23-25-15(10-21)11-22-19(17)25/h5-9,11,14H,2-4,12H2,1H3. The van der Waals surface area contributed by atoms with Crippen molar-refractivity contribution in [1.29, 1.82) is 5.26 Å². The van der Waals surface area contributed by atoms with Gasteiger partial charge in [-0.1, -0.05) is 23.7 Å². The Balaban J connectivity index is 1.76. The summed E-state index contributed by atoms with van der Waals surface area (Å²) in [6, 6.07) is 12.4. The lowest BCUT2D eigenvalue weighted by atomic mass is 9.90. The second-order valence-electron chi connectivity index (χ2n) is 6.40. The third-order valence-electron chi connectivity index (χ3n) is 4.87. The van der Waals surface area contributed by atoms with Crippen molar-refractivity contribution >= 4 is 22.9 Å². The fourth-order valence-corrected chi connectivity index (χ4v) is 3.43. The fraction of sp³-hybridized carbons (Fsp3) is 0.316.